The molecule has 1 aromatic rings. The van der Waals surface area contributed by atoms with Crippen molar-refractivity contribution >= 4 is 5.91 Å². The Bertz CT molecular complexity index is 423. The van der Waals surface area contributed by atoms with E-state index < -0.39 is 0 Å². The maximum absolute atomic E-state index is 11.5. The van der Waals surface area contributed by atoms with E-state index >= 15 is 0 Å². The fraction of sp³-hybridized carbons (Fsp3) is 0.571. The predicted molar refractivity (Wildman–Crippen MR) is 77.9 cm³/mol. The van der Waals surface area contributed by atoms with E-state index in [1.54, 1.807) is 13.2 Å². The number of rotatable bonds is 8. The number of nitrogens with two attached hydrogens (primary N) is 1. The number of amides is 1. The summed E-state index contributed by atoms with van der Waals surface area (Å²) in [5.74, 6) is 5.30. The first-order valence-electron chi connectivity index (χ1n) is 6.75. The van der Waals surface area contributed by atoms with Crippen LogP contribution in [-0.2, 0) is 11.3 Å². The summed E-state index contributed by atoms with van der Waals surface area (Å²) < 4.78 is 5.13. The first-order chi connectivity index (χ1) is 9.56. The summed E-state index contributed by atoms with van der Waals surface area (Å²) in [6.45, 7) is 7.50. The summed E-state index contributed by atoms with van der Waals surface area (Å²) in [4.78, 5) is 18.1. The van der Waals surface area contributed by atoms with Gasteiger partial charge in [0.15, 0.2) is 0 Å². The van der Waals surface area contributed by atoms with Gasteiger partial charge in [-0.05, 0) is 18.1 Å². The van der Waals surface area contributed by atoms with Gasteiger partial charge in [-0.15, -0.1) is 0 Å². The second-order valence-corrected chi connectivity index (χ2v) is 5.11. The molecule has 0 radical (unpaired) electrons. The highest BCUT2D eigenvalue weighted by atomic mass is 16.5. The van der Waals surface area contributed by atoms with Gasteiger partial charge in [-0.3, -0.25) is 15.1 Å². The van der Waals surface area contributed by atoms with E-state index in [1.807, 2.05) is 12.1 Å². The zero-order valence-electron chi connectivity index (χ0n) is 12.4. The molecule has 112 valence electrons. The molecule has 0 aliphatic carbocycles. The Labute approximate surface area is 120 Å². The Morgan fingerprint density at radius 1 is 1.50 bits per heavy atom. The fourth-order valence-electron chi connectivity index (χ4n) is 1.97. The maximum Gasteiger partial charge on any atom is 0.283 e. The average molecular weight is 280 g/mol. The van der Waals surface area contributed by atoms with Gasteiger partial charge in [0, 0.05) is 26.7 Å². The van der Waals surface area contributed by atoms with Gasteiger partial charge >= 0.3 is 0 Å². The highest BCUT2D eigenvalue weighted by Gasteiger charge is 2.11. The molecule has 0 fully saturated rings. The second-order valence-electron chi connectivity index (χ2n) is 5.11. The van der Waals surface area contributed by atoms with Gasteiger partial charge in [-0.2, -0.15) is 0 Å². The van der Waals surface area contributed by atoms with Gasteiger partial charge in [-0.1, -0.05) is 19.9 Å². The molecule has 1 rings (SSSR count). The Morgan fingerprint density at radius 3 is 2.85 bits per heavy atom. The monoisotopic (exact) mass is 280 g/mol. The third-order valence-corrected chi connectivity index (χ3v) is 2.79. The minimum absolute atomic E-state index is 0.334. The van der Waals surface area contributed by atoms with E-state index in [0.717, 1.165) is 18.8 Å². The Balaban J connectivity index is 2.73. The molecule has 0 saturated carbocycles. The molecule has 0 aromatic carbocycles. The molecule has 20 heavy (non-hydrogen) atoms. The van der Waals surface area contributed by atoms with E-state index in [0.29, 0.717) is 24.8 Å². The molecule has 6 heteroatoms. The van der Waals surface area contributed by atoms with Crippen molar-refractivity contribution < 1.29 is 9.53 Å². The number of nitrogens with one attached hydrogen (secondary N) is 1. The molecular formula is C14H24N4O2. The van der Waals surface area contributed by atoms with Crippen LogP contribution in [0.2, 0.25) is 0 Å². The summed E-state index contributed by atoms with van der Waals surface area (Å²) in [7, 11) is 1.69. The number of ether oxygens (including phenoxy) is 1. The van der Waals surface area contributed by atoms with E-state index in [1.165, 1.54) is 0 Å². The highest BCUT2D eigenvalue weighted by Crippen LogP contribution is 2.07. The summed E-state index contributed by atoms with van der Waals surface area (Å²) in [5, 5.41) is 0. The molecule has 6 nitrogen and oxygen atoms in total. The van der Waals surface area contributed by atoms with Gasteiger partial charge in [0.1, 0.15) is 5.69 Å². The Kier molecular flexibility index (Phi) is 7.14. The van der Waals surface area contributed by atoms with Crippen molar-refractivity contribution in [1.82, 2.24) is 15.3 Å². The number of methoxy groups -OCH3 is 1. The topological polar surface area (TPSA) is 80.5 Å². The van der Waals surface area contributed by atoms with E-state index in [2.05, 4.69) is 29.2 Å². The molecule has 0 atom stereocenters. The predicted octanol–water partition coefficient (Wildman–Crippen LogP) is 0.790. The molecule has 3 N–H and O–H groups in total. The lowest BCUT2D eigenvalue weighted by Crippen LogP contribution is -2.32. The van der Waals surface area contributed by atoms with Crippen molar-refractivity contribution in [3.63, 3.8) is 0 Å². The van der Waals surface area contributed by atoms with E-state index in [4.69, 9.17) is 10.6 Å². The summed E-state index contributed by atoms with van der Waals surface area (Å²) in [6, 6.07) is 5.37. The molecule has 1 amide bonds. The van der Waals surface area contributed by atoms with Crippen molar-refractivity contribution in [3.8, 4) is 0 Å². The lowest BCUT2D eigenvalue weighted by atomic mass is 10.2. The lowest BCUT2D eigenvalue weighted by molar-refractivity contribution is 0.0947. The number of carbonyl (C=O) groups excluding carboxylic acids is 1. The smallest absolute Gasteiger partial charge is 0.283 e. The van der Waals surface area contributed by atoms with E-state index in [9.17, 15) is 4.79 Å². The fourth-order valence-corrected chi connectivity index (χ4v) is 1.97. The third kappa shape index (κ3) is 5.64. The Hall–Kier alpha value is -1.50. The number of carbonyl (C=O) groups is 1. The van der Waals surface area contributed by atoms with Crippen molar-refractivity contribution in [3.05, 3.63) is 29.6 Å². The maximum atomic E-state index is 11.5. The number of nitrogen functional groups attached to an aromatic ring is 1. The number of aromatic nitrogens is 1. The van der Waals surface area contributed by atoms with Crippen LogP contribution >= 0.6 is 0 Å². The second kappa shape index (κ2) is 8.63. The van der Waals surface area contributed by atoms with Crippen LogP contribution in [0.3, 0.4) is 0 Å². The number of hydrazine groups is 1. The number of hydrogen-bond donors (Lipinski definition) is 2. The summed E-state index contributed by atoms with van der Waals surface area (Å²) >= 11 is 0. The summed E-state index contributed by atoms with van der Waals surface area (Å²) in [5.41, 5.74) is 3.28. The lowest BCUT2D eigenvalue weighted by Gasteiger charge is -2.23. The number of hydrogen-bond acceptors (Lipinski definition) is 5. The molecule has 0 bridgehead atoms. The summed E-state index contributed by atoms with van der Waals surface area (Å²) in [6.07, 6.45) is 0. The van der Waals surface area contributed by atoms with Gasteiger partial charge in [0.2, 0.25) is 0 Å². The number of pyridine rings is 1. The zero-order chi connectivity index (χ0) is 15.0. The highest BCUT2D eigenvalue weighted by molar-refractivity contribution is 5.91. The van der Waals surface area contributed by atoms with Gasteiger partial charge in [0.05, 0.1) is 12.3 Å². The first-order valence-corrected chi connectivity index (χ1v) is 6.75. The first kappa shape index (κ1) is 16.6. The molecule has 1 aromatic heterocycles. The molecule has 0 unspecified atom stereocenters. The molecule has 0 aliphatic rings. The minimum Gasteiger partial charge on any atom is -0.383 e. The number of nitrogens with zero attached hydrogens (tertiary/aromatic N) is 2. The molecule has 0 aliphatic heterocycles. The van der Waals surface area contributed by atoms with Crippen LogP contribution in [0.1, 0.15) is 30.0 Å². The average Bonchev–Trinajstić information content (AvgIpc) is 2.43. The quantitative estimate of drug-likeness (QED) is 0.418. The van der Waals surface area contributed by atoms with Crippen LogP contribution in [-0.4, -0.2) is 42.6 Å². The van der Waals surface area contributed by atoms with Crippen LogP contribution in [0.5, 0.6) is 0 Å². The molecule has 0 spiro atoms. The standard InChI is InChI=1S/C14H24N4O2/c1-11(2)9-18(7-8-20-3)10-12-5-4-6-13(16-12)14(19)17-15/h4-6,11H,7-10,15H2,1-3H3,(H,17,19). The Morgan fingerprint density at radius 2 is 2.25 bits per heavy atom. The van der Waals surface area contributed by atoms with Crippen LogP contribution in [0, 0.1) is 5.92 Å². The molecule has 0 saturated heterocycles. The van der Waals surface area contributed by atoms with Gasteiger partial charge < -0.3 is 4.74 Å². The van der Waals surface area contributed by atoms with Crippen molar-refractivity contribution in [2.24, 2.45) is 11.8 Å². The van der Waals surface area contributed by atoms with Crippen LogP contribution < -0.4 is 11.3 Å². The van der Waals surface area contributed by atoms with Gasteiger partial charge in [-0.25, -0.2) is 10.8 Å². The van der Waals surface area contributed by atoms with Crippen molar-refractivity contribution in [1.29, 1.82) is 0 Å². The third-order valence-electron chi connectivity index (χ3n) is 2.79. The normalized spacial score (nSPS) is 11.1. The van der Waals surface area contributed by atoms with Crippen LogP contribution in [0.4, 0.5) is 0 Å². The van der Waals surface area contributed by atoms with Crippen molar-refractivity contribution in [2.75, 3.05) is 26.8 Å². The van der Waals surface area contributed by atoms with Crippen LogP contribution in [0.25, 0.3) is 0 Å². The van der Waals surface area contributed by atoms with Gasteiger partial charge in [0.25, 0.3) is 5.91 Å². The van der Waals surface area contributed by atoms with Crippen molar-refractivity contribution in [2.45, 2.75) is 20.4 Å². The molecule has 1 heterocycles. The largest absolute Gasteiger partial charge is 0.383 e. The van der Waals surface area contributed by atoms with E-state index in [-0.39, 0.29) is 5.91 Å². The minimum atomic E-state index is -0.376. The SMILES string of the molecule is COCCN(Cc1cccc(C(=O)NN)n1)CC(C)C. The van der Waals surface area contributed by atoms with Crippen LogP contribution in [0.15, 0.2) is 18.2 Å². The zero-order valence-corrected chi connectivity index (χ0v) is 12.4. The molecular weight excluding hydrogens is 256 g/mol.